The van der Waals surface area contributed by atoms with Crippen LogP contribution in [0.15, 0.2) is 24.3 Å². The number of ether oxygens (including phenoxy) is 1. The Bertz CT molecular complexity index is 405. The Balaban J connectivity index is 2.24. The molecule has 106 valence electrons. The predicted octanol–water partition coefficient (Wildman–Crippen LogP) is 3.05. The molecule has 4 heteroatoms. The lowest BCUT2D eigenvalue weighted by atomic mass is 10.1. The lowest BCUT2D eigenvalue weighted by molar-refractivity contribution is -0.116. The number of carbonyl (C=O) groups is 1. The van der Waals surface area contributed by atoms with Crippen LogP contribution in [0, 0.1) is 5.92 Å². The quantitative estimate of drug-likeness (QED) is 0.587. The van der Waals surface area contributed by atoms with Crippen LogP contribution >= 0.6 is 0 Å². The highest BCUT2D eigenvalue weighted by molar-refractivity contribution is 5.93. The van der Waals surface area contributed by atoms with Crippen molar-refractivity contribution in [3.8, 4) is 0 Å². The van der Waals surface area contributed by atoms with Gasteiger partial charge in [-0.25, -0.2) is 0 Å². The zero-order chi connectivity index (χ0) is 14.3. The number of para-hydroxylation sites is 2. The first-order valence-corrected chi connectivity index (χ1v) is 6.76. The Morgan fingerprint density at radius 3 is 2.63 bits per heavy atom. The summed E-state index contributed by atoms with van der Waals surface area (Å²) in [5, 5.41) is 2.80. The van der Waals surface area contributed by atoms with Crippen molar-refractivity contribution in [2.75, 3.05) is 17.7 Å². The van der Waals surface area contributed by atoms with E-state index in [0.29, 0.717) is 30.3 Å². The smallest absolute Gasteiger partial charge is 0.224 e. The van der Waals surface area contributed by atoms with E-state index in [2.05, 4.69) is 26.1 Å². The summed E-state index contributed by atoms with van der Waals surface area (Å²) in [5.41, 5.74) is 7.01. The second kappa shape index (κ2) is 7.79. The lowest BCUT2D eigenvalue weighted by Crippen LogP contribution is -2.18. The molecule has 0 spiro atoms. The summed E-state index contributed by atoms with van der Waals surface area (Å²) in [5.74, 6) is 0.469. The highest BCUT2D eigenvalue weighted by Gasteiger charge is 2.08. The fourth-order valence-corrected chi connectivity index (χ4v) is 1.52. The predicted molar refractivity (Wildman–Crippen MR) is 79.0 cm³/mol. The van der Waals surface area contributed by atoms with Crippen molar-refractivity contribution in [1.82, 2.24) is 0 Å². The molecule has 0 aromatic heterocycles. The van der Waals surface area contributed by atoms with Crippen molar-refractivity contribution < 1.29 is 9.53 Å². The molecule has 1 rings (SSSR count). The highest BCUT2D eigenvalue weighted by atomic mass is 16.5. The van der Waals surface area contributed by atoms with E-state index in [4.69, 9.17) is 10.5 Å². The molecule has 1 aromatic rings. The van der Waals surface area contributed by atoms with Crippen LogP contribution in [0.1, 0.15) is 33.6 Å². The molecule has 0 fully saturated rings. The monoisotopic (exact) mass is 264 g/mol. The van der Waals surface area contributed by atoms with Gasteiger partial charge in [0.25, 0.3) is 0 Å². The van der Waals surface area contributed by atoms with Gasteiger partial charge in [-0.2, -0.15) is 0 Å². The minimum atomic E-state index is -0.0290. The third kappa shape index (κ3) is 5.75. The zero-order valence-electron chi connectivity index (χ0n) is 12.0. The number of nitrogen functional groups attached to an aromatic ring is 1. The third-order valence-corrected chi connectivity index (χ3v) is 3.10. The number of nitrogens with one attached hydrogen (secondary N) is 1. The molecule has 1 amide bonds. The summed E-state index contributed by atoms with van der Waals surface area (Å²) < 4.78 is 5.62. The van der Waals surface area contributed by atoms with Gasteiger partial charge in [-0.15, -0.1) is 0 Å². The molecular weight excluding hydrogens is 240 g/mol. The Morgan fingerprint density at radius 2 is 2.00 bits per heavy atom. The van der Waals surface area contributed by atoms with Gasteiger partial charge in [0.1, 0.15) is 0 Å². The van der Waals surface area contributed by atoms with Gasteiger partial charge < -0.3 is 15.8 Å². The molecule has 1 aromatic carbocycles. The zero-order valence-corrected chi connectivity index (χ0v) is 12.0. The van der Waals surface area contributed by atoms with Gasteiger partial charge in [-0.05, 0) is 31.4 Å². The van der Waals surface area contributed by atoms with E-state index in [1.807, 2.05) is 12.1 Å². The number of anilines is 2. The summed E-state index contributed by atoms with van der Waals surface area (Å²) in [4.78, 5) is 11.7. The number of amides is 1. The van der Waals surface area contributed by atoms with Gasteiger partial charge >= 0.3 is 0 Å². The lowest BCUT2D eigenvalue weighted by Gasteiger charge is -2.16. The molecule has 0 saturated carbocycles. The normalized spacial score (nSPS) is 12.4. The largest absolute Gasteiger partial charge is 0.397 e. The van der Waals surface area contributed by atoms with E-state index in [-0.39, 0.29) is 12.0 Å². The van der Waals surface area contributed by atoms with Crippen LogP contribution in [0.2, 0.25) is 0 Å². The van der Waals surface area contributed by atoms with Crippen LogP contribution in [-0.2, 0) is 9.53 Å². The fraction of sp³-hybridized carbons (Fsp3) is 0.533. The summed E-state index contributed by atoms with van der Waals surface area (Å²) in [6, 6.07) is 7.25. The highest BCUT2D eigenvalue weighted by Crippen LogP contribution is 2.17. The maximum Gasteiger partial charge on any atom is 0.224 e. The molecule has 3 N–H and O–H groups in total. The van der Waals surface area contributed by atoms with Crippen LogP contribution < -0.4 is 11.1 Å². The van der Waals surface area contributed by atoms with E-state index < -0.39 is 0 Å². The Kier molecular flexibility index (Phi) is 6.36. The van der Waals surface area contributed by atoms with Crippen LogP contribution in [0.4, 0.5) is 11.4 Å². The number of hydrogen-bond acceptors (Lipinski definition) is 3. The molecule has 0 aliphatic rings. The van der Waals surface area contributed by atoms with Crippen LogP contribution in [0.5, 0.6) is 0 Å². The van der Waals surface area contributed by atoms with Gasteiger partial charge in [0.05, 0.1) is 17.5 Å². The molecule has 0 bridgehead atoms. The molecule has 19 heavy (non-hydrogen) atoms. The second-order valence-corrected chi connectivity index (χ2v) is 5.06. The average molecular weight is 264 g/mol. The van der Waals surface area contributed by atoms with Crippen molar-refractivity contribution in [2.24, 2.45) is 5.92 Å². The number of benzene rings is 1. The van der Waals surface area contributed by atoms with Gasteiger partial charge in [0.15, 0.2) is 0 Å². The van der Waals surface area contributed by atoms with Crippen molar-refractivity contribution >= 4 is 17.3 Å². The number of rotatable bonds is 7. The van der Waals surface area contributed by atoms with E-state index in [1.54, 1.807) is 12.1 Å². The van der Waals surface area contributed by atoms with Crippen LogP contribution in [0.25, 0.3) is 0 Å². The first-order chi connectivity index (χ1) is 9.00. The summed E-state index contributed by atoms with van der Waals surface area (Å²) >= 11 is 0. The summed E-state index contributed by atoms with van der Waals surface area (Å²) in [6.45, 7) is 6.90. The molecule has 0 aliphatic carbocycles. The SMILES string of the molecule is CC(C)C(C)OCCCC(=O)Nc1ccccc1N. The maximum absolute atomic E-state index is 11.7. The Labute approximate surface area is 115 Å². The molecule has 1 atom stereocenters. The van der Waals surface area contributed by atoms with Crippen molar-refractivity contribution in [3.63, 3.8) is 0 Å². The Morgan fingerprint density at radius 1 is 1.32 bits per heavy atom. The molecular formula is C15H24N2O2. The van der Waals surface area contributed by atoms with Gasteiger partial charge in [0, 0.05) is 13.0 Å². The van der Waals surface area contributed by atoms with E-state index >= 15 is 0 Å². The van der Waals surface area contributed by atoms with Crippen molar-refractivity contribution in [3.05, 3.63) is 24.3 Å². The van der Waals surface area contributed by atoms with Gasteiger partial charge in [-0.3, -0.25) is 4.79 Å². The Hall–Kier alpha value is -1.55. The van der Waals surface area contributed by atoms with Crippen molar-refractivity contribution in [2.45, 2.75) is 39.7 Å². The molecule has 0 saturated heterocycles. The summed E-state index contributed by atoms with van der Waals surface area (Å²) in [7, 11) is 0. The first kappa shape index (κ1) is 15.5. The first-order valence-electron chi connectivity index (χ1n) is 6.76. The van der Waals surface area contributed by atoms with Crippen LogP contribution in [-0.4, -0.2) is 18.6 Å². The standard InChI is InChI=1S/C15H24N2O2/c1-11(2)12(3)19-10-6-9-15(18)17-14-8-5-4-7-13(14)16/h4-5,7-8,11-12H,6,9-10,16H2,1-3H3,(H,17,18). The molecule has 0 radical (unpaired) electrons. The van der Waals surface area contributed by atoms with Crippen molar-refractivity contribution in [1.29, 1.82) is 0 Å². The number of hydrogen-bond donors (Lipinski definition) is 2. The molecule has 1 unspecified atom stereocenters. The molecule has 0 heterocycles. The average Bonchev–Trinajstić information content (AvgIpc) is 2.37. The fourth-order valence-electron chi connectivity index (χ4n) is 1.52. The number of nitrogens with two attached hydrogens (primary N) is 1. The molecule has 4 nitrogen and oxygen atoms in total. The van der Waals surface area contributed by atoms with Gasteiger partial charge in [-0.1, -0.05) is 26.0 Å². The maximum atomic E-state index is 11.7. The van der Waals surface area contributed by atoms with Crippen LogP contribution in [0.3, 0.4) is 0 Å². The molecule has 0 aliphatic heterocycles. The topological polar surface area (TPSA) is 64.3 Å². The summed E-state index contributed by atoms with van der Waals surface area (Å²) in [6.07, 6.45) is 1.39. The number of carbonyl (C=O) groups excluding carboxylic acids is 1. The minimum Gasteiger partial charge on any atom is -0.397 e. The van der Waals surface area contributed by atoms with E-state index in [0.717, 1.165) is 6.42 Å². The minimum absolute atomic E-state index is 0.0290. The van der Waals surface area contributed by atoms with E-state index in [9.17, 15) is 4.79 Å². The second-order valence-electron chi connectivity index (χ2n) is 5.06. The van der Waals surface area contributed by atoms with E-state index in [1.165, 1.54) is 0 Å². The third-order valence-electron chi connectivity index (χ3n) is 3.10. The van der Waals surface area contributed by atoms with Gasteiger partial charge in [0.2, 0.25) is 5.91 Å².